The van der Waals surface area contributed by atoms with Crippen LogP contribution in [0.1, 0.15) is 25.7 Å². The Hall–Kier alpha value is -2.15. The zero-order chi connectivity index (χ0) is 17.5. The Bertz CT molecular complexity index is 588. The highest BCUT2D eigenvalue weighted by Crippen LogP contribution is 2.34. The quantitative estimate of drug-likeness (QED) is 0.763. The van der Waals surface area contributed by atoms with Crippen molar-refractivity contribution < 1.29 is 23.8 Å². The molecule has 2 rings (SSSR count). The van der Waals surface area contributed by atoms with Crippen LogP contribution in [0.2, 0.25) is 0 Å². The van der Waals surface area contributed by atoms with Gasteiger partial charge in [-0.2, -0.15) is 0 Å². The normalized spacial score (nSPS) is 20.1. The summed E-state index contributed by atoms with van der Waals surface area (Å²) in [7, 11) is 1.55. The fourth-order valence-electron chi connectivity index (χ4n) is 2.65. The molecule has 0 heterocycles. The van der Waals surface area contributed by atoms with Crippen molar-refractivity contribution in [1.82, 2.24) is 0 Å². The van der Waals surface area contributed by atoms with Crippen molar-refractivity contribution in [2.24, 2.45) is 5.73 Å². The Labute approximate surface area is 145 Å². The molecule has 24 heavy (non-hydrogen) atoms. The smallest absolute Gasteiger partial charge is 0.404 e. The lowest BCUT2D eigenvalue weighted by Gasteiger charge is -2.28. The molecular weight excluding hydrogens is 336 g/mol. The number of alkyl halides is 1. The lowest BCUT2D eigenvalue weighted by Crippen LogP contribution is -2.31. The van der Waals surface area contributed by atoms with Crippen LogP contribution < -0.4 is 20.5 Å². The van der Waals surface area contributed by atoms with Gasteiger partial charge in [-0.05, 0) is 37.8 Å². The molecular formula is C16H21ClN2O5. The molecule has 0 atom stereocenters. The van der Waals surface area contributed by atoms with Crippen molar-refractivity contribution in [2.75, 3.05) is 18.3 Å². The molecule has 7 nitrogen and oxygen atoms in total. The summed E-state index contributed by atoms with van der Waals surface area (Å²) in [6.45, 7) is 0. The molecule has 0 saturated heterocycles. The van der Waals surface area contributed by atoms with Gasteiger partial charge in [0.2, 0.25) is 5.91 Å². The molecule has 8 heteroatoms. The summed E-state index contributed by atoms with van der Waals surface area (Å²) in [4.78, 5) is 22.2. The van der Waals surface area contributed by atoms with Crippen molar-refractivity contribution in [2.45, 2.75) is 37.9 Å². The third-order valence-corrected chi connectivity index (χ3v) is 4.01. The number of hydrogen-bond donors (Lipinski definition) is 2. The summed E-state index contributed by atoms with van der Waals surface area (Å²) >= 11 is 5.49. The van der Waals surface area contributed by atoms with Crippen molar-refractivity contribution in [3.8, 4) is 11.5 Å². The molecule has 132 valence electrons. The van der Waals surface area contributed by atoms with Crippen LogP contribution in [-0.4, -0.2) is 37.2 Å². The van der Waals surface area contributed by atoms with Gasteiger partial charge in [-0.3, -0.25) is 4.79 Å². The van der Waals surface area contributed by atoms with Crippen molar-refractivity contribution in [1.29, 1.82) is 0 Å². The van der Waals surface area contributed by atoms with Crippen LogP contribution in [0.25, 0.3) is 0 Å². The summed E-state index contributed by atoms with van der Waals surface area (Å²) in [5.74, 6) is 0.710. The van der Waals surface area contributed by atoms with Gasteiger partial charge in [-0.15, -0.1) is 11.6 Å². The van der Waals surface area contributed by atoms with Gasteiger partial charge in [0.15, 0.2) is 11.5 Å². The zero-order valence-corrected chi connectivity index (χ0v) is 14.2. The van der Waals surface area contributed by atoms with E-state index in [0.29, 0.717) is 30.0 Å². The van der Waals surface area contributed by atoms with Gasteiger partial charge in [-0.1, -0.05) is 0 Å². The minimum Gasteiger partial charge on any atom is -0.493 e. The van der Waals surface area contributed by atoms with E-state index in [1.165, 1.54) is 0 Å². The first-order chi connectivity index (χ1) is 11.5. The number of methoxy groups -OCH3 is 1. The van der Waals surface area contributed by atoms with Crippen LogP contribution in [-0.2, 0) is 9.53 Å². The zero-order valence-electron chi connectivity index (χ0n) is 13.4. The SMILES string of the molecule is COc1ccc(NC(=O)CCl)cc1O[C@H]1CC[C@H](OC(N)=O)CC1. The second kappa shape index (κ2) is 8.63. The number of primary amides is 1. The Balaban J connectivity index is 1.99. The number of nitrogens with one attached hydrogen (secondary N) is 1. The first-order valence-electron chi connectivity index (χ1n) is 7.68. The summed E-state index contributed by atoms with van der Waals surface area (Å²) in [6, 6.07) is 5.14. The molecule has 1 aromatic carbocycles. The fraction of sp³-hybridized carbons (Fsp3) is 0.500. The first-order valence-corrected chi connectivity index (χ1v) is 8.22. The van der Waals surface area contributed by atoms with Crippen LogP contribution in [0.4, 0.5) is 10.5 Å². The predicted molar refractivity (Wildman–Crippen MR) is 89.7 cm³/mol. The highest BCUT2D eigenvalue weighted by molar-refractivity contribution is 6.29. The number of halogens is 1. The molecule has 0 bridgehead atoms. The standard InChI is InChI=1S/C16H21ClN2O5/c1-22-13-7-2-10(19-15(20)9-17)8-14(13)23-11-3-5-12(6-4-11)24-16(18)21/h2,7-8,11-12H,3-6,9H2,1H3,(H2,18,21)(H,19,20)/t11-,12-. The van der Waals surface area contributed by atoms with Crippen LogP contribution in [0, 0.1) is 0 Å². The van der Waals surface area contributed by atoms with E-state index in [4.69, 9.17) is 31.5 Å². The van der Waals surface area contributed by atoms with E-state index >= 15 is 0 Å². The summed E-state index contributed by atoms with van der Waals surface area (Å²) in [6.07, 6.45) is 1.93. The second-order valence-corrected chi connectivity index (χ2v) is 5.77. The third kappa shape index (κ3) is 5.19. The molecule has 0 unspecified atom stereocenters. The molecule has 1 fully saturated rings. The molecule has 1 saturated carbocycles. The average Bonchev–Trinajstić information content (AvgIpc) is 2.56. The van der Waals surface area contributed by atoms with E-state index in [1.54, 1.807) is 25.3 Å². The number of hydrogen-bond acceptors (Lipinski definition) is 5. The number of ether oxygens (including phenoxy) is 3. The molecule has 1 aromatic rings. The highest BCUT2D eigenvalue weighted by Gasteiger charge is 2.25. The number of rotatable bonds is 6. The Morgan fingerprint density at radius 3 is 2.46 bits per heavy atom. The Morgan fingerprint density at radius 1 is 1.21 bits per heavy atom. The largest absolute Gasteiger partial charge is 0.493 e. The van der Waals surface area contributed by atoms with Crippen molar-refractivity contribution in [3.05, 3.63) is 18.2 Å². The number of nitrogens with two attached hydrogens (primary N) is 1. The lowest BCUT2D eigenvalue weighted by atomic mass is 9.95. The number of benzene rings is 1. The van der Waals surface area contributed by atoms with E-state index in [1.807, 2.05) is 0 Å². The third-order valence-electron chi connectivity index (χ3n) is 3.77. The summed E-state index contributed by atoms with van der Waals surface area (Å²) < 4.78 is 16.3. The van der Waals surface area contributed by atoms with Crippen LogP contribution in [0.5, 0.6) is 11.5 Å². The van der Waals surface area contributed by atoms with Gasteiger partial charge < -0.3 is 25.3 Å². The molecule has 0 aromatic heterocycles. The van der Waals surface area contributed by atoms with E-state index in [9.17, 15) is 9.59 Å². The number of carbonyl (C=O) groups excluding carboxylic acids is 2. The number of carbonyl (C=O) groups is 2. The molecule has 0 aliphatic heterocycles. The average molecular weight is 357 g/mol. The second-order valence-electron chi connectivity index (χ2n) is 5.50. The van der Waals surface area contributed by atoms with Gasteiger partial charge in [-0.25, -0.2) is 4.79 Å². The topological polar surface area (TPSA) is 99.9 Å². The Morgan fingerprint density at radius 2 is 1.88 bits per heavy atom. The molecule has 0 spiro atoms. The van der Waals surface area contributed by atoms with Crippen LogP contribution >= 0.6 is 11.6 Å². The summed E-state index contributed by atoms with van der Waals surface area (Å²) in [5.41, 5.74) is 5.62. The maximum atomic E-state index is 11.4. The van der Waals surface area contributed by atoms with E-state index in [-0.39, 0.29) is 24.0 Å². The van der Waals surface area contributed by atoms with E-state index < -0.39 is 6.09 Å². The maximum absolute atomic E-state index is 11.4. The van der Waals surface area contributed by atoms with Crippen molar-refractivity contribution in [3.63, 3.8) is 0 Å². The van der Waals surface area contributed by atoms with Gasteiger partial charge in [0, 0.05) is 11.8 Å². The number of amides is 2. The maximum Gasteiger partial charge on any atom is 0.404 e. The first kappa shape index (κ1) is 18.2. The predicted octanol–water partition coefficient (Wildman–Crippen LogP) is 2.66. The van der Waals surface area contributed by atoms with Gasteiger partial charge in [0.1, 0.15) is 12.0 Å². The number of anilines is 1. The highest BCUT2D eigenvalue weighted by atomic mass is 35.5. The monoisotopic (exact) mass is 356 g/mol. The van der Waals surface area contributed by atoms with Gasteiger partial charge in [0.25, 0.3) is 0 Å². The fourth-order valence-corrected chi connectivity index (χ4v) is 2.72. The molecule has 3 N–H and O–H groups in total. The molecule has 1 aliphatic rings. The Kier molecular flexibility index (Phi) is 6.54. The van der Waals surface area contributed by atoms with Crippen molar-refractivity contribution >= 4 is 29.3 Å². The molecule has 1 aliphatic carbocycles. The molecule has 2 amide bonds. The minimum absolute atomic E-state index is 0.0226. The van der Waals surface area contributed by atoms with Crippen LogP contribution in [0.15, 0.2) is 18.2 Å². The summed E-state index contributed by atoms with van der Waals surface area (Å²) in [5, 5.41) is 2.67. The van der Waals surface area contributed by atoms with E-state index in [2.05, 4.69) is 5.32 Å². The van der Waals surface area contributed by atoms with E-state index in [0.717, 1.165) is 12.8 Å². The molecule has 0 radical (unpaired) electrons. The minimum atomic E-state index is -0.747. The van der Waals surface area contributed by atoms with Crippen LogP contribution in [0.3, 0.4) is 0 Å². The van der Waals surface area contributed by atoms with Gasteiger partial charge >= 0.3 is 6.09 Å². The van der Waals surface area contributed by atoms with Gasteiger partial charge in [0.05, 0.1) is 13.2 Å². The lowest BCUT2D eigenvalue weighted by molar-refractivity contribution is -0.113.